The van der Waals surface area contributed by atoms with E-state index in [4.69, 9.17) is 0 Å². The van der Waals surface area contributed by atoms with Crippen LogP contribution in [0.3, 0.4) is 0 Å². The number of hydrogen-bond donors (Lipinski definition) is 3. The molecule has 178 valence electrons. The fourth-order valence-electron chi connectivity index (χ4n) is 4.85. The fourth-order valence-corrected chi connectivity index (χ4v) is 4.85. The second-order valence-corrected chi connectivity index (χ2v) is 8.94. The summed E-state index contributed by atoms with van der Waals surface area (Å²) >= 11 is 0. The molecule has 7 amide bonds. The molecule has 3 fully saturated rings. The number of hydrogen-bond acceptors (Lipinski definition) is 8. The standard InChI is InChI=1S/C21H18N8O6/c30-15-4-3-14(16(31)22-15)28-6-10-5-11(1-2-12(10)17(28)32)29-7-13(25-26-29)18(33)27-8-21(9-27)19(34)23-20(35)24-21/h1-2,5,7,14H,3-4,6,8-9H2,(H,22,30,31)(H2,23,24,34,35). The van der Waals surface area contributed by atoms with Gasteiger partial charge in [0.2, 0.25) is 11.8 Å². The van der Waals surface area contributed by atoms with E-state index in [0.29, 0.717) is 16.8 Å². The van der Waals surface area contributed by atoms with Gasteiger partial charge in [-0.3, -0.25) is 34.6 Å². The average molecular weight is 478 g/mol. The number of nitrogens with zero attached hydrogens (tertiary/aromatic N) is 5. The summed E-state index contributed by atoms with van der Waals surface area (Å²) in [6.45, 7) is 0.277. The highest BCUT2D eigenvalue weighted by Crippen LogP contribution is 2.29. The van der Waals surface area contributed by atoms with Crippen molar-refractivity contribution in [2.45, 2.75) is 31.0 Å². The van der Waals surface area contributed by atoms with Gasteiger partial charge in [-0.15, -0.1) is 5.10 Å². The highest BCUT2D eigenvalue weighted by molar-refractivity contribution is 6.09. The van der Waals surface area contributed by atoms with Crippen LogP contribution in [0.5, 0.6) is 0 Å². The molecule has 35 heavy (non-hydrogen) atoms. The van der Waals surface area contributed by atoms with Gasteiger partial charge in [-0.1, -0.05) is 5.21 Å². The molecule has 2 aromatic rings. The van der Waals surface area contributed by atoms with Crippen molar-refractivity contribution in [2.24, 2.45) is 0 Å². The lowest BCUT2D eigenvalue weighted by Crippen LogP contribution is -2.71. The molecule has 14 heteroatoms. The van der Waals surface area contributed by atoms with Gasteiger partial charge in [0.25, 0.3) is 17.7 Å². The van der Waals surface area contributed by atoms with E-state index in [9.17, 15) is 28.8 Å². The van der Waals surface area contributed by atoms with Crippen LogP contribution in [0.25, 0.3) is 5.69 Å². The number of nitrogens with one attached hydrogen (secondary N) is 3. The summed E-state index contributed by atoms with van der Waals surface area (Å²) in [5.41, 5.74) is 0.678. The van der Waals surface area contributed by atoms with Crippen LogP contribution in [0, 0.1) is 0 Å². The zero-order valence-electron chi connectivity index (χ0n) is 18.1. The largest absolute Gasteiger partial charge is 0.331 e. The van der Waals surface area contributed by atoms with Crippen molar-refractivity contribution in [1.82, 2.24) is 40.7 Å². The molecule has 0 radical (unpaired) electrons. The average Bonchev–Trinajstić information content (AvgIpc) is 3.48. The molecule has 14 nitrogen and oxygen atoms in total. The van der Waals surface area contributed by atoms with Crippen LogP contribution in [0.15, 0.2) is 24.4 Å². The van der Waals surface area contributed by atoms with Crippen molar-refractivity contribution in [3.8, 4) is 5.69 Å². The molecule has 6 rings (SSSR count). The molecular weight excluding hydrogens is 460 g/mol. The van der Waals surface area contributed by atoms with E-state index in [1.54, 1.807) is 18.2 Å². The SMILES string of the molecule is O=C1CCC(N2Cc3cc(-n4cc(C(=O)N5CC6(C5)NC(=O)NC6=O)nn4)ccc3C2=O)C(=O)N1. The van der Waals surface area contributed by atoms with Crippen molar-refractivity contribution < 1.29 is 28.8 Å². The second kappa shape index (κ2) is 7.19. The summed E-state index contributed by atoms with van der Waals surface area (Å²) in [6.07, 6.45) is 1.89. The summed E-state index contributed by atoms with van der Waals surface area (Å²) in [4.78, 5) is 75.4. The van der Waals surface area contributed by atoms with Crippen molar-refractivity contribution >= 4 is 35.6 Å². The van der Waals surface area contributed by atoms with Crippen LogP contribution >= 0.6 is 0 Å². The molecule has 0 saturated carbocycles. The van der Waals surface area contributed by atoms with E-state index in [0.717, 1.165) is 0 Å². The third-order valence-electron chi connectivity index (χ3n) is 6.71. The number of amides is 7. The summed E-state index contributed by atoms with van der Waals surface area (Å²) in [5, 5.41) is 14.9. The summed E-state index contributed by atoms with van der Waals surface area (Å²) in [5.74, 6) is -2.01. The molecule has 3 saturated heterocycles. The topological polar surface area (TPSA) is 176 Å². The zero-order chi connectivity index (χ0) is 24.5. The van der Waals surface area contributed by atoms with Crippen molar-refractivity contribution in [3.05, 3.63) is 41.2 Å². The first-order valence-electron chi connectivity index (χ1n) is 10.9. The molecule has 0 bridgehead atoms. The maximum absolute atomic E-state index is 12.9. The Hall–Kier alpha value is -4.62. The Labute approximate surface area is 196 Å². The molecule has 1 spiro atoms. The first-order valence-corrected chi connectivity index (χ1v) is 10.9. The van der Waals surface area contributed by atoms with Crippen LogP contribution in [-0.2, 0) is 20.9 Å². The maximum Gasteiger partial charge on any atom is 0.322 e. The Kier molecular flexibility index (Phi) is 4.30. The Morgan fingerprint density at radius 3 is 2.60 bits per heavy atom. The molecular formula is C21H18N8O6. The number of benzene rings is 1. The highest BCUT2D eigenvalue weighted by Gasteiger charge is 2.56. The summed E-state index contributed by atoms with van der Waals surface area (Å²) in [6, 6.07) is 3.73. The van der Waals surface area contributed by atoms with Gasteiger partial charge in [0.1, 0.15) is 6.04 Å². The van der Waals surface area contributed by atoms with Gasteiger partial charge < -0.3 is 15.1 Å². The predicted octanol–water partition coefficient (Wildman–Crippen LogP) is -1.94. The first-order chi connectivity index (χ1) is 16.7. The van der Waals surface area contributed by atoms with Gasteiger partial charge in [0.15, 0.2) is 11.2 Å². The number of carbonyl (C=O) groups is 6. The number of urea groups is 1. The number of piperidine rings is 1. The van der Waals surface area contributed by atoms with Crippen LogP contribution in [0.2, 0.25) is 0 Å². The van der Waals surface area contributed by atoms with Gasteiger partial charge in [0.05, 0.1) is 25.0 Å². The Balaban J connectivity index is 1.17. The van der Waals surface area contributed by atoms with E-state index in [2.05, 4.69) is 26.3 Å². The molecule has 4 aliphatic rings. The maximum atomic E-state index is 12.9. The van der Waals surface area contributed by atoms with Crippen LogP contribution < -0.4 is 16.0 Å². The monoisotopic (exact) mass is 478 g/mol. The molecule has 1 unspecified atom stereocenters. The minimum Gasteiger partial charge on any atom is -0.331 e. The van der Waals surface area contributed by atoms with E-state index in [1.165, 1.54) is 20.7 Å². The van der Waals surface area contributed by atoms with E-state index < -0.39 is 35.3 Å². The number of rotatable bonds is 3. The van der Waals surface area contributed by atoms with Gasteiger partial charge in [-0.2, -0.15) is 0 Å². The van der Waals surface area contributed by atoms with Gasteiger partial charge in [0, 0.05) is 18.5 Å². The lowest BCUT2D eigenvalue weighted by Gasteiger charge is -2.44. The van der Waals surface area contributed by atoms with Gasteiger partial charge in [-0.05, 0) is 30.2 Å². The minimum atomic E-state index is -1.09. The molecule has 0 aliphatic carbocycles. The number of aromatic nitrogens is 3. The molecule has 4 aliphatic heterocycles. The predicted molar refractivity (Wildman–Crippen MR) is 113 cm³/mol. The Bertz CT molecular complexity index is 1360. The van der Waals surface area contributed by atoms with Crippen molar-refractivity contribution in [3.63, 3.8) is 0 Å². The van der Waals surface area contributed by atoms with Gasteiger partial charge in [-0.25, -0.2) is 9.48 Å². The third kappa shape index (κ3) is 3.17. The quantitative estimate of drug-likeness (QED) is 0.337. The fraction of sp³-hybridized carbons (Fsp3) is 0.333. The van der Waals surface area contributed by atoms with E-state index >= 15 is 0 Å². The molecule has 3 N–H and O–H groups in total. The second-order valence-electron chi connectivity index (χ2n) is 8.94. The summed E-state index contributed by atoms with van der Waals surface area (Å²) < 4.78 is 1.40. The van der Waals surface area contributed by atoms with E-state index in [-0.39, 0.29) is 50.0 Å². The van der Waals surface area contributed by atoms with Crippen LogP contribution in [0.4, 0.5) is 4.79 Å². The van der Waals surface area contributed by atoms with Gasteiger partial charge >= 0.3 is 6.03 Å². The molecule has 5 heterocycles. The third-order valence-corrected chi connectivity index (χ3v) is 6.71. The lowest BCUT2D eigenvalue weighted by atomic mass is 9.90. The minimum absolute atomic E-state index is 0.0351. The first kappa shape index (κ1) is 20.9. The highest BCUT2D eigenvalue weighted by atomic mass is 16.2. The number of fused-ring (bicyclic) bond motifs is 1. The Morgan fingerprint density at radius 1 is 1.09 bits per heavy atom. The molecule has 1 aromatic heterocycles. The number of carbonyl (C=O) groups excluding carboxylic acids is 6. The Morgan fingerprint density at radius 2 is 1.89 bits per heavy atom. The van der Waals surface area contributed by atoms with Crippen LogP contribution in [-0.4, -0.2) is 85.0 Å². The zero-order valence-corrected chi connectivity index (χ0v) is 18.1. The normalized spacial score (nSPS) is 22.6. The van der Waals surface area contributed by atoms with Crippen molar-refractivity contribution in [2.75, 3.05) is 13.1 Å². The smallest absolute Gasteiger partial charge is 0.322 e. The van der Waals surface area contributed by atoms with Crippen molar-refractivity contribution in [1.29, 1.82) is 0 Å². The van der Waals surface area contributed by atoms with E-state index in [1.807, 2.05) is 0 Å². The molecule has 1 atom stereocenters. The number of imide groups is 2. The molecule has 1 aromatic carbocycles. The lowest BCUT2D eigenvalue weighted by molar-refractivity contribution is -0.137. The summed E-state index contributed by atoms with van der Waals surface area (Å²) in [7, 11) is 0. The van der Waals surface area contributed by atoms with Crippen LogP contribution in [0.1, 0.15) is 39.3 Å². The number of likely N-dealkylation sites (tertiary alicyclic amines) is 1.